The highest BCUT2D eigenvalue weighted by Crippen LogP contribution is 2.28. The van der Waals surface area contributed by atoms with Crippen LogP contribution in [0.25, 0.3) is 0 Å². The Morgan fingerprint density at radius 1 is 1.33 bits per heavy atom. The van der Waals surface area contributed by atoms with Gasteiger partial charge in [0, 0.05) is 25.3 Å². The molecular weight excluding hydrogens is 283 g/mol. The van der Waals surface area contributed by atoms with Crippen molar-refractivity contribution in [2.75, 3.05) is 13.1 Å². The zero-order chi connectivity index (χ0) is 15.5. The molecule has 2 N–H and O–H groups in total. The average Bonchev–Trinajstić information content (AvgIpc) is 2.70. The number of rotatable bonds is 2. The summed E-state index contributed by atoms with van der Waals surface area (Å²) in [5.74, 6) is -0.346. The Hall–Kier alpha value is -1.63. The van der Waals surface area contributed by atoms with Gasteiger partial charge in [0.15, 0.2) is 0 Å². The van der Waals surface area contributed by atoms with E-state index in [1.807, 2.05) is 0 Å². The van der Waals surface area contributed by atoms with Gasteiger partial charge in [-0.1, -0.05) is 12.8 Å². The molecule has 0 aliphatic carbocycles. The number of alkyl halides is 3. The van der Waals surface area contributed by atoms with Crippen molar-refractivity contribution in [2.45, 2.75) is 37.9 Å². The maximum Gasteiger partial charge on any atom is 0.417 e. The summed E-state index contributed by atoms with van der Waals surface area (Å²) in [5.41, 5.74) is 4.87. The molecule has 21 heavy (non-hydrogen) atoms. The summed E-state index contributed by atoms with van der Waals surface area (Å²) in [5, 5.41) is 0. The first-order valence-electron chi connectivity index (χ1n) is 6.98. The van der Waals surface area contributed by atoms with E-state index in [1.54, 1.807) is 4.90 Å². The molecule has 1 fully saturated rings. The van der Waals surface area contributed by atoms with Crippen molar-refractivity contribution in [3.63, 3.8) is 0 Å². The van der Waals surface area contributed by atoms with Gasteiger partial charge in [0.05, 0.1) is 5.56 Å². The second kappa shape index (κ2) is 6.43. The second-order valence-corrected chi connectivity index (χ2v) is 5.17. The summed E-state index contributed by atoms with van der Waals surface area (Å²) in [4.78, 5) is 17.7. The Labute approximate surface area is 121 Å². The van der Waals surface area contributed by atoms with Gasteiger partial charge < -0.3 is 10.6 Å². The number of nitrogens with zero attached hydrogens (tertiary/aromatic N) is 2. The van der Waals surface area contributed by atoms with Crippen LogP contribution in [0.4, 0.5) is 13.2 Å². The van der Waals surface area contributed by atoms with E-state index in [0.29, 0.717) is 19.3 Å². The molecule has 1 atom stereocenters. The van der Waals surface area contributed by atoms with E-state index < -0.39 is 11.7 Å². The molecule has 0 radical (unpaired) electrons. The number of likely N-dealkylation sites (tertiary alicyclic amines) is 1. The lowest BCUT2D eigenvalue weighted by Crippen LogP contribution is -2.44. The number of hydrogen-bond donors (Lipinski definition) is 1. The van der Waals surface area contributed by atoms with E-state index in [9.17, 15) is 18.0 Å². The van der Waals surface area contributed by atoms with Crippen molar-refractivity contribution >= 4 is 5.91 Å². The Morgan fingerprint density at radius 2 is 2.10 bits per heavy atom. The van der Waals surface area contributed by atoms with E-state index in [2.05, 4.69) is 4.98 Å². The van der Waals surface area contributed by atoms with Gasteiger partial charge in [-0.05, 0) is 25.0 Å². The minimum Gasteiger partial charge on any atom is -0.333 e. The first kappa shape index (κ1) is 15.8. The molecule has 1 unspecified atom stereocenters. The molecule has 4 nitrogen and oxygen atoms in total. The molecule has 1 aromatic rings. The zero-order valence-corrected chi connectivity index (χ0v) is 11.6. The number of carbonyl (C=O) groups excluding carboxylic acids is 1. The van der Waals surface area contributed by atoms with E-state index in [4.69, 9.17) is 5.73 Å². The summed E-state index contributed by atoms with van der Waals surface area (Å²) in [6.07, 6.45) is -0.0158. The van der Waals surface area contributed by atoms with Crippen LogP contribution in [-0.2, 0) is 6.18 Å². The lowest BCUT2D eigenvalue weighted by Gasteiger charge is -2.28. The smallest absolute Gasteiger partial charge is 0.333 e. The molecule has 2 heterocycles. The second-order valence-electron chi connectivity index (χ2n) is 5.17. The van der Waals surface area contributed by atoms with Crippen LogP contribution < -0.4 is 5.73 Å². The Morgan fingerprint density at radius 3 is 2.67 bits per heavy atom. The molecule has 1 aliphatic heterocycles. The van der Waals surface area contributed by atoms with E-state index in [-0.39, 0.29) is 17.6 Å². The maximum atomic E-state index is 12.5. The van der Waals surface area contributed by atoms with Crippen molar-refractivity contribution in [1.82, 2.24) is 9.88 Å². The Kier molecular flexibility index (Phi) is 4.82. The SMILES string of the molecule is NCC1CCCCCN1C(=O)c1ccc(C(F)(F)F)cn1. The highest BCUT2D eigenvalue weighted by Gasteiger charge is 2.32. The van der Waals surface area contributed by atoms with Gasteiger partial charge >= 0.3 is 6.18 Å². The predicted molar refractivity (Wildman–Crippen MR) is 71.6 cm³/mol. The van der Waals surface area contributed by atoms with Crippen molar-refractivity contribution in [3.05, 3.63) is 29.6 Å². The molecule has 1 saturated heterocycles. The highest BCUT2D eigenvalue weighted by atomic mass is 19.4. The van der Waals surface area contributed by atoms with Crippen molar-refractivity contribution in [3.8, 4) is 0 Å². The number of amides is 1. The van der Waals surface area contributed by atoms with E-state index in [1.165, 1.54) is 0 Å². The van der Waals surface area contributed by atoms with Crippen LogP contribution in [0.15, 0.2) is 18.3 Å². The minimum atomic E-state index is -4.45. The van der Waals surface area contributed by atoms with Gasteiger partial charge in [-0.15, -0.1) is 0 Å². The van der Waals surface area contributed by atoms with Crippen LogP contribution in [0.2, 0.25) is 0 Å². The van der Waals surface area contributed by atoms with Crippen LogP contribution in [-0.4, -0.2) is 34.9 Å². The molecular formula is C14H18F3N3O. The van der Waals surface area contributed by atoms with Gasteiger partial charge in [-0.2, -0.15) is 13.2 Å². The zero-order valence-electron chi connectivity index (χ0n) is 11.6. The molecule has 1 aliphatic rings. The highest BCUT2D eigenvalue weighted by molar-refractivity contribution is 5.92. The Balaban J connectivity index is 2.18. The predicted octanol–water partition coefficient (Wildman–Crippen LogP) is 2.44. The molecule has 1 amide bonds. The fraction of sp³-hybridized carbons (Fsp3) is 0.571. The number of aromatic nitrogens is 1. The van der Waals surface area contributed by atoms with Crippen LogP contribution in [0.1, 0.15) is 41.7 Å². The molecule has 7 heteroatoms. The molecule has 0 aromatic carbocycles. The summed E-state index contributed by atoms with van der Waals surface area (Å²) in [7, 11) is 0. The van der Waals surface area contributed by atoms with Crippen LogP contribution in [0.5, 0.6) is 0 Å². The monoisotopic (exact) mass is 301 g/mol. The lowest BCUT2D eigenvalue weighted by molar-refractivity contribution is -0.137. The third kappa shape index (κ3) is 3.72. The minimum absolute atomic E-state index is 0.0309. The van der Waals surface area contributed by atoms with Crippen LogP contribution >= 0.6 is 0 Å². The van der Waals surface area contributed by atoms with E-state index >= 15 is 0 Å². The normalized spacial score (nSPS) is 20.2. The van der Waals surface area contributed by atoms with E-state index in [0.717, 1.165) is 37.8 Å². The van der Waals surface area contributed by atoms with Crippen LogP contribution in [0, 0.1) is 0 Å². The maximum absolute atomic E-state index is 12.5. The third-order valence-corrected chi connectivity index (χ3v) is 3.72. The fourth-order valence-electron chi connectivity index (χ4n) is 2.52. The Bertz CT molecular complexity index is 487. The van der Waals surface area contributed by atoms with Gasteiger partial charge in [-0.3, -0.25) is 9.78 Å². The van der Waals surface area contributed by atoms with Crippen LogP contribution in [0.3, 0.4) is 0 Å². The molecule has 0 spiro atoms. The van der Waals surface area contributed by atoms with Gasteiger partial charge in [-0.25, -0.2) is 0 Å². The van der Waals surface area contributed by atoms with Crippen molar-refractivity contribution in [2.24, 2.45) is 5.73 Å². The summed E-state index contributed by atoms with van der Waals surface area (Å²) in [6, 6.07) is 1.95. The molecule has 0 saturated carbocycles. The van der Waals surface area contributed by atoms with Crippen molar-refractivity contribution in [1.29, 1.82) is 0 Å². The summed E-state index contributed by atoms with van der Waals surface area (Å²) in [6.45, 7) is 0.926. The average molecular weight is 301 g/mol. The molecule has 1 aromatic heterocycles. The number of carbonyl (C=O) groups is 1. The first-order chi connectivity index (χ1) is 9.93. The van der Waals surface area contributed by atoms with Gasteiger partial charge in [0.25, 0.3) is 5.91 Å². The topological polar surface area (TPSA) is 59.2 Å². The fourth-order valence-corrected chi connectivity index (χ4v) is 2.52. The summed E-state index contributed by atoms with van der Waals surface area (Å²) >= 11 is 0. The number of hydrogen-bond acceptors (Lipinski definition) is 3. The largest absolute Gasteiger partial charge is 0.417 e. The molecule has 116 valence electrons. The summed E-state index contributed by atoms with van der Waals surface area (Å²) < 4.78 is 37.5. The number of pyridine rings is 1. The molecule has 0 bridgehead atoms. The lowest BCUT2D eigenvalue weighted by atomic mass is 10.1. The van der Waals surface area contributed by atoms with Gasteiger partial charge in [0.2, 0.25) is 0 Å². The van der Waals surface area contributed by atoms with Gasteiger partial charge in [0.1, 0.15) is 5.69 Å². The quantitative estimate of drug-likeness (QED) is 0.912. The third-order valence-electron chi connectivity index (χ3n) is 3.72. The number of nitrogens with two attached hydrogens (primary N) is 1. The molecule has 2 rings (SSSR count). The van der Waals surface area contributed by atoms with Crippen molar-refractivity contribution < 1.29 is 18.0 Å². The standard InChI is InChI=1S/C14H18F3N3O/c15-14(16,17)10-5-6-12(19-9-10)13(21)20-7-3-1-2-4-11(20)8-18/h5-6,9,11H,1-4,7-8,18H2. The first-order valence-corrected chi connectivity index (χ1v) is 6.98. The number of halogens is 3.